The summed E-state index contributed by atoms with van der Waals surface area (Å²) in [6, 6.07) is 5.86. The van der Waals surface area contributed by atoms with Crippen molar-refractivity contribution in [3.8, 4) is 0 Å². The highest BCUT2D eigenvalue weighted by atomic mass is 32.2. The van der Waals surface area contributed by atoms with Crippen LogP contribution in [0.15, 0.2) is 29.2 Å². The largest absolute Gasteiger partial charge is 0.370 e. The van der Waals surface area contributed by atoms with E-state index in [1.165, 1.54) is 25.1 Å². The molecule has 0 saturated carbocycles. The third-order valence-electron chi connectivity index (χ3n) is 2.69. The zero-order valence-corrected chi connectivity index (χ0v) is 12.1. The average molecular weight is 298 g/mol. The van der Waals surface area contributed by atoms with E-state index in [-0.39, 0.29) is 23.6 Å². The maximum Gasteiger partial charge on any atom is 0.240 e. The second-order valence-electron chi connectivity index (χ2n) is 4.41. The summed E-state index contributed by atoms with van der Waals surface area (Å²) in [5.74, 6) is -0.592. The summed E-state index contributed by atoms with van der Waals surface area (Å²) < 4.78 is 26.4. The van der Waals surface area contributed by atoms with Crippen LogP contribution in [0.5, 0.6) is 0 Å². The number of hydrogen-bond donors (Lipinski definition) is 2. The molecule has 0 radical (unpaired) electrons. The van der Waals surface area contributed by atoms with Crippen molar-refractivity contribution < 1.29 is 18.0 Å². The number of Topliss-reactive ketones (excluding diaryl/α,β-unsaturated/α-hetero) is 1. The molecule has 0 heterocycles. The highest BCUT2D eigenvalue weighted by Crippen LogP contribution is 2.12. The zero-order chi connectivity index (χ0) is 15.2. The molecule has 6 nitrogen and oxygen atoms in total. The van der Waals surface area contributed by atoms with E-state index < -0.39 is 15.9 Å². The Bertz CT molecular complexity index is 596. The van der Waals surface area contributed by atoms with Crippen LogP contribution < -0.4 is 10.5 Å². The van der Waals surface area contributed by atoms with Crippen LogP contribution in [0.1, 0.15) is 36.5 Å². The number of unbranched alkanes of at least 4 members (excludes halogenated alkanes) is 1. The van der Waals surface area contributed by atoms with E-state index in [0.717, 1.165) is 0 Å². The number of nitrogens with two attached hydrogens (primary N) is 1. The minimum Gasteiger partial charge on any atom is -0.370 e. The van der Waals surface area contributed by atoms with Crippen LogP contribution in [0.25, 0.3) is 0 Å². The lowest BCUT2D eigenvalue weighted by molar-refractivity contribution is -0.118. The number of carbonyl (C=O) groups is 2. The monoisotopic (exact) mass is 298 g/mol. The lowest BCUT2D eigenvalue weighted by atomic mass is 10.2. The van der Waals surface area contributed by atoms with E-state index in [9.17, 15) is 18.0 Å². The van der Waals surface area contributed by atoms with E-state index in [2.05, 4.69) is 4.72 Å². The molecule has 0 spiro atoms. The minimum atomic E-state index is -3.64. The molecule has 0 unspecified atom stereocenters. The predicted molar refractivity (Wildman–Crippen MR) is 74.7 cm³/mol. The van der Waals surface area contributed by atoms with Crippen LogP contribution >= 0.6 is 0 Å². The van der Waals surface area contributed by atoms with Crippen molar-refractivity contribution in [2.45, 2.75) is 31.1 Å². The van der Waals surface area contributed by atoms with Crippen LogP contribution in [-0.2, 0) is 14.8 Å². The first-order valence-electron chi connectivity index (χ1n) is 6.22. The molecule has 1 aromatic carbocycles. The van der Waals surface area contributed by atoms with Crippen molar-refractivity contribution in [2.75, 3.05) is 6.54 Å². The number of hydrogen-bond acceptors (Lipinski definition) is 4. The number of ketones is 1. The molecule has 0 aliphatic rings. The second-order valence-corrected chi connectivity index (χ2v) is 6.17. The fraction of sp³-hybridized carbons (Fsp3) is 0.385. The van der Waals surface area contributed by atoms with Gasteiger partial charge in [0.25, 0.3) is 0 Å². The molecule has 0 saturated heterocycles. The Hall–Kier alpha value is -1.73. The van der Waals surface area contributed by atoms with Gasteiger partial charge in [0.05, 0.1) is 4.90 Å². The number of carbonyl (C=O) groups excluding carboxylic acids is 2. The maximum absolute atomic E-state index is 12.0. The Morgan fingerprint density at radius 1 is 1.25 bits per heavy atom. The third-order valence-corrected chi connectivity index (χ3v) is 4.15. The van der Waals surface area contributed by atoms with Gasteiger partial charge in [-0.1, -0.05) is 12.1 Å². The van der Waals surface area contributed by atoms with Gasteiger partial charge >= 0.3 is 0 Å². The van der Waals surface area contributed by atoms with Gasteiger partial charge in [-0.25, -0.2) is 13.1 Å². The molecule has 1 amide bonds. The highest BCUT2D eigenvalue weighted by Gasteiger charge is 2.14. The molecule has 1 rings (SSSR count). The van der Waals surface area contributed by atoms with Crippen molar-refractivity contribution in [1.82, 2.24) is 4.72 Å². The number of nitrogens with one attached hydrogen (secondary N) is 1. The van der Waals surface area contributed by atoms with Gasteiger partial charge in [-0.15, -0.1) is 0 Å². The summed E-state index contributed by atoms with van der Waals surface area (Å²) in [6.07, 6.45) is 1.29. The van der Waals surface area contributed by atoms with E-state index in [1.807, 2.05) is 0 Å². The molecule has 0 aliphatic carbocycles. The molecular formula is C13H18N2O4S. The second kappa shape index (κ2) is 7.16. The van der Waals surface area contributed by atoms with E-state index in [0.29, 0.717) is 18.4 Å². The van der Waals surface area contributed by atoms with Crippen molar-refractivity contribution in [3.63, 3.8) is 0 Å². The van der Waals surface area contributed by atoms with Crippen LogP contribution in [0.3, 0.4) is 0 Å². The summed E-state index contributed by atoms with van der Waals surface area (Å²) >= 11 is 0. The molecular weight excluding hydrogens is 280 g/mol. The third kappa shape index (κ3) is 5.10. The fourth-order valence-electron chi connectivity index (χ4n) is 1.60. The molecule has 0 aliphatic heterocycles. The predicted octanol–water partition coefficient (Wildman–Crippen LogP) is 0.823. The SMILES string of the molecule is CC(=O)c1cccc(S(=O)(=O)NCCCCC(N)=O)c1. The van der Waals surface area contributed by atoms with Gasteiger partial charge in [-0.2, -0.15) is 0 Å². The Kier molecular flexibility index (Phi) is 5.84. The smallest absolute Gasteiger partial charge is 0.240 e. The van der Waals surface area contributed by atoms with Gasteiger partial charge in [-0.05, 0) is 31.9 Å². The minimum absolute atomic E-state index is 0.0556. The van der Waals surface area contributed by atoms with Crippen LogP contribution in [0, 0.1) is 0 Å². The van der Waals surface area contributed by atoms with E-state index >= 15 is 0 Å². The Labute approximate surface area is 118 Å². The summed E-state index contributed by atoms with van der Waals surface area (Å²) in [5, 5.41) is 0. The number of amides is 1. The summed E-state index contributed by atoms with van der Waals surface area (Å²) in [7, 11) is -3.64. The first-order valence-corrected chi connectivity index (χ1v) is 7.70. The topological polar surface area (TPSA) is 106 Å². The Balaban J connectivity index is 2.62. The van der Waals surface area contributed by atoms with E-state index in [4.69, 9.17) is 5.73 Å². The quantitative estimate of drug-likeness (QED) is 0.547. The van der Waals surface area contributed by atoms with E-state index in [1.54, 1.807) is 6.07 Å². The maximum atomic E-state index is 12.0. The van der Waals surface area contributed by atoms with Crippen molar-refractivity contribution >= 4 is 21.7 Å². The summed E-state index contributed by atoms with van der Waals surface area (Å²) in [5.41, 5.74) is 5.34. The molecule has 0 aromatic heterocycles. The Morgan fingerprint density at radius 2 is 1.95 bits per heavy atom. The molecule has 3 N–H and O–H groups in total. The first-order chi connectivity index (χ1) is 9.33. The molecule has 7 heteroatoms. The molecule has 0 bridgehead atoms. The van der Waals surface area contributed by atoms with Crippen molar-refractivity contribution in [2.24, 2.45) is 5.73 Å². The number of sulfonamides is 1. The van der Waals surface area contributed by atoms with Gasteiger partial charge in [0.1, 0.15) is 0 Å². The van der Waals surface area contributed by atoms with Gasteiger partial charge in [0, 0.05) is 18.5 Å². The van der Waals surface area contributed by atoms with Gasteiger partial charge in [0.15, 0.2) is 5.78 Å². The normalized spacial score (nSPS) is 11.2. The number of primary amides is 1. The lowest BCUT2D eigenvalue weighted by Crippen LogP contribution is -2.25. The number of benzene rings is 1. The zero-order valence-electron chi connectivity index (χ0n) is 11.3. The molecule has 20 heavy (non-hydrogen) atoms. The highest BCUT2D eigenvalue weighted by molar-refractivity contribution is 7.89. The average Bonchev–Trinajstić information content (AvgIpc) is 2.38. The van der Waals surface area contributed by atoms with Gasteiger partial charge in [-0.3, -0.25) is 9.59 Å². The standard InChI is InChI=1S/C13H18N2O4S/c1-10(16)11-5-4-6-12(9-11)20(18,19)15-8-3-2-7-13(14)17/h4-6,9,15H,2-3,7-8H2,1H3,(H2,14,17). The van der Waals surface area contributed by atoms with Gasteiger partial charge < -0.3 is 5.73 Å². The molecule has 110 valence electrons. The van der Waals surface area contributed by atoms with Crippen molar-refractivity contribution in [3.05, 3.63) is 29.8 Å². The van der Waals surface area contributed by atoms with Crippen LogP contribution in [0.4, 0.5) is 0 Å². The van der Waals surface area contributed by atoms with Crippen LogP contribution in [0.2, 0.25) is 0 Å². The first kappa shape index (κ1) is 16.3. The van der Waals surface area contributed by atoms with Crippen LogP contribution in [-0.4, -0.2) is 26.7 Å². The summed E-state index contributed by atoms with van der Waals surface area (Å²) in [6.45, 7) is 1.60. The molecule has 1 aromatic rings. The molecule has 0 fully saturated rings. The lowest BCUT2D eigenvalue weighted by Gasteiger charge is -2.07. The number of rotatable bonds is 8. The van der Waals surface area contributed by atoms with Crippen molar-refractivity contribution in [1.29, 1.82) is 0 Å². The van der Waals surface area contributed by atoms with Gasteiger partial charge in [0.2, 0.25) is 15.9 Å². The fourth-order valence-corrected chi connectivity index (χ4v) is 2.72. The summed E-state index contributed by atoms with van der Waals surface area (Å²) in [4.78, 5) is 21.8. The molecule has 0 atom stereocenters. The Morgan fingerprint density at radius 3 is 2.55 bits per heavy atom.